The second-order valence-corrected chi connectivity index (χ2v) is 6.34. The summed E-state index contributed by atoms with van der Waals surface area (Å²) < 4.78 is 0. The molecule has 0 aromatic heterocycles. The highest BCUT2D eigenvalue weighted by molar-refractivity contribution is 5.73. The molecule has 1 saturated carbocycles. The summed E-state index contributed by atoms with van der Waals surface area (Å²) in [5.41, 5.74) is 0. The molecule has 0 amide bonds. The lowest BCUT2D eigenvalue weighted by Crippen LogP contribution is -2.53. The molecule has 1 saturated heterocycles. The van der Waals surface area contributed by atoms with Crippen LogP contribution in [-0.4, -0.2) is 47.2 Å². The van der Waals surface area contributed by atoms with Gasteiger partial charge in [-0.15, -0.1) is 0 Å². The maximum atomic E-state index is 11.3. The van der Waals surface area contributed by atoms with Gasteiger partial charge in [0.25, 0.3) is 0 Å². The monoisotopic (exact) mass is 254 g/mol. The van der Waals surface area contributed by atoms with Crippen LogP contribution < -0.4 is 5.32 Å². The van der Waals surface area contributed by atoms with Gasteiger partial charge < -0.3 is 10.4 Å². The molecule has 2 rings (SSSR count). The molecule has 4 unspecified atom stereocenters. The summed E-state index contributed by atoms with van der Waals surface area (Å²) in [7, 11) is 0. The molecule has 0 aromatic carbocycles. The van der Waals surface area contributed by atoms with Gasteiger partial charge in [0.2, 0.25) is 0 Å². The largest absolute Gasteiger partial charge is 0.480 e. The van der Waals surface area contributed by atoms with Crippen LogP contribution in [0.25, 0.3) is 0 Å². The number of carboxylic acid groups (broad SMARTS) is 1. The summed E-state index contributed by atoms with van der Waals surface area (Å²) >= 11 is 0. The van der Waals surface area contributed by atoms with Crippen molar-refractivity contribution in [2.75, 3.05) is 13.1 Å². The minimum Gasteiger partial charge on any atom is -0.480 e. The van der Waals surface area contributed by atoms with Crippen LogP contribution in [0.2, 0.25) is 0 Å². The number of aliphatic carboxylic acids is 1. The molecule has 1 heterocycles. The van der Waals surface area contributed by atoms with E-state index in [1.807, 2.05) is 0 Å². The normalized spacial score (nSPS) is 35.4. The fraction of sp³-hybridized carbons (Fsp3) is 0.929. The summed E-state index contributed by atoms with van der Waals surface area (Å²) in [6.07, 6.45) is 3.52. The second-order valence-electron chi connectivity index (χ2n) is 6.34. The van der Waals surface area contributed by atoms with Crippen LogP contribution in [0.5, 0.6) is 0 Å². The molecule has 18 heavy (non-hydrogen) atoms. The number of rotatable bonds is 5. The fourth-order valence-electron chi connectivity index (χ4n) is 3.04. The van der Waals surface area contributed by atoms with Crippen molar-refractivity contribution < 1.29 is 9.90 Å². The lowest BCUT2D eigenvalue weighted by atomic mass is 9.86. The molecule has 4 heteroatoms. The number of carbonyl (C=O) groups is 1. The first kappa shape index (κ1) is 13.8. The zero-order valence-corrected chi connectivity index (χ0v) is 11.7. The van der Waals surface area contributed by atoms with E-state index in [-0.39, 0.29) is 0 Å². The minimum atomic E-state index is -0.708. The SMILES string of the molecule is CC1CC(C)C(C)N(CC(NC2CC2)C(=O)O)C1. The molecule has 0 radical (unpaired) electrons. The van der Waals surface area contributed by atoms with Crippen molar-refractivity contribution in [3.8, 4) is 0 Å². The highest BCUT2D eigenvalue weighted by Crippen LogP contribution is 2.27. The smallest absolute Gasteiger partial charge is 0.322 e. The number of carboxylic acids is 1. The van der Waals surface area contributed by atoms with Gasteiger partial charge in [0.05, 0.1) is 0 Å². The fourth-order valence-corrected chi connectivity index (χ4v) is 3.04. The van der Waals surface area contributed by atoms with Gasteiger partial charge in [0.15, 0.2) is 0 Å². The Labute approximate surface area is 110 Å². The van der Waals surface area contributed by atoms with E-state index in [9.17, 15) is 9.90 Å². The van der Waals surface area contributed by atoms with Gasteiger partial charge >= 0.3 is 5.97 Å². The van der Waals surface area contributed by atoms with Gasteiger partial charge in [0.1, 0.15) is 6.04 Å². The molecule has 4 nitrogen and oxygen atoms in total. The van der Waals surface area contributed by atoms with E-state index in [0.717, 1.165) is 19.4 Å². The third-order valence-electron chi connectivity index (χ3n) is 4.45. The molecule has 104 valence electrons. The number of hydrogen-bond acceptors (Lipinski definition) is 3. The van der Waals surface area contributed by atoms with Crippen molar-refractivity contribution >= 4 is 5.97 Å². The van der Waals surface area contributed by atoms with Crippen molar-refractivity contribution in [3.05, 3.63) is 0 Å². The first-order valence-electron chi connectivity index (χ1n) is 7.20. The Morgan fingerprint density at radius 3 is 2.61 bits per heavy atom. The summed E-state index contributed by atoms with van der Waals surface area (Å²) in [6.45, 7) is 8.44. The van der Waals surface area contributed by atoms with E-state index in [4.69, 9.17) is 0 Å². The van der Waals surface area contributed by atoms with Gasteiger partial charge in [-0.3, -0.25) is 9.69 Å². The first-order valence-corrected chi connectivity index (χ1v) is 7.20. The lowest BCUT2D eigenvalue weighted by molar-refractivity contribution is -0.140. The number of nitrogens with one attached hydrogen (secondary N) is 1. The summed E-state index contributed by atoms with van der Waals surface area (Å²) in [5.74, 6) is 0.621. The lowest BCUT2D eigenvalue weighted by Gasteiger charge is -2.42. The van der Waals surface area contributed by atoms with E-state index in [2.05, 4.69) is 31.0 Å². The Morgan fingerprint density at radius 2 is 2.06 bits per heavy atom. The Kier molecular flexibility index (Phi) is 4.28. The highest BCUT2D eigenvalue weighted by Gasteiger charge is 2.34. The Bertz CT molecular complexity index is 304. The Hall–Kier alpha value is -0.610. The van der Waals surface area contributed by atoms with Gasteiger partial charge in [0, 0.05) is 25.2 Å². The molecular weight excluding hydrogens is 228 g/mol. The minimum absolute atomic E-state index is 0.405. The maximum Gasteiger partial charge on any atom is 0.322 e. The van der Waals surface area contributed by atoms with Gasteiger partial charge in [-0.2, -0.15) is 0 Å². The van der Waals surface area contributed by atoms with E-state index in [1.54, 1.807) is 0 Å². The second kappa shape index (κ2) is 5.57. The third kappa shape index (κ3) is 3.45. The van der Waals surface area contributed by atoms with Crippen LogP contribution in [0.4, 0.5) is 0 Å². The molecule has 0 aromatic rings. The predicted molar refractivity (Wildman–Crippen MR) is 71.6 cm³/mol. The number of nitrogens with zero attached hydrogens (tertiary/aromatic N) is 1. The molecule has 2 aliphatic rings. The number of hydrogen-bond donors (Lipinski definition) is 2. The Morgan fingerprint density at radius 1 is 1.39 bits per heavy atom. The molecule has 1 aliphatic heterocycles. The maximum absolute atomic E-state index is 11.3. The van der Waals surface area contributed by atoms with Gasteiger partial charge in [-0.05, 0) is 38.0 Å². The molecule has 2 N–H and O–H groups in total. The Balaban J connectivity index is 1.93. The van der Waals surface area contributed by atoms with Crippen LogP contribution >= 0.6 is 0 Å². The van der Waals surface area contributed by atoms with Crippen LogP contribution in [0.15, 0.2) is 0 Å². The van der Waals surface area contributed by atoms with E-state index < -0.39 is 12.0 Å². The predicted octanol–water partition coefficient (Wildman–Crippen LogP) is 1.56. The topological polar surface area (TPSA) is 52.6 Å². The highest BCUT2D eigenvalue weighted by atomic mass is 16.4. The average Bonchev–Trinajstić information content (AvgIpc) is 3.07. The third-order valence-corrected chi connectivity index (χ3v) is 4.45. The van der Waals surface area contributed by atoms with Crippen molar-refractivity contribution in [2.45, 2.75) is 58.2 Å². The molecule has 1 aliphatic carbocycles. The standard InChI is InChI=1S/C14H26N2O2/c1-9-6-10(2)11(3)16(7-9)8-13(14(17)18)15-12-4-5-12/h9-13,15H,4-8H2,1-3H3,(H,17,18). The van der Waals surface area contributed by atoms with E-state index in [1.165, 1.54) is 6.42 Å². The van der Waals surface area contributed by atoms with Crippen molar-refractivity contribution in [3.63, 3.8) is 0 Å². The van der Waals surface area contributed by atoms with Crippen LogP contribution in [0, 0.1) is 11.8 Å². The molecule has 2 fully saturated rings. The summed E-state index contributed by atoms with van der Waals surface area (Å²) in [4.78, 5) is 13.7. The van der Waals surface area contributed by atoms with E-state index >= 15 is 0 Å². The quantitative estimate of drug-likeness (QED) is 0.782. The van der Waals surface area contributed by atoms with E-state index in [0.29, 0.717) is 30.5 Å². The zero-order chi connectivity index (χ0) is 13.3. The van der Waals surface area contributed by atoms with Crippen molar-refractivity contribution in [2.24, 2.45) is 11.8 Å². The molecular formula is C14H26N2O2. The first-order chi connectivity index (χ1) is 8.47. The summed E-state index contributed by atoms with van der Waals surface area (Å²) in [6, 6.07) is 0.530. The molecule has 0 bridgehead atoms. The average molecular weight is 254 g/mol. The molecule has 0 spiro atoms. The summed E-state index contributed by atoms with van der Waals surface area (Å²) in [5, 5.41) is 12.6. The number of likely N-dealkylation sites (tertiary alicyclic amines) is 1. The number of piperidine rings is 1. The zero-order valence-electron chi connectivity index (χ0n) is 11.7. The van der Waals surface area contributed by atoms with Crippen LogP contribution in [0.1, 0.15) is 40.0 Å². The van der Waals surface area contributed by atoms with Crippen molar-refractivity contribution in [1.82, 2.24) is 10.2 Å². The van der Waals surface area contributed by atoms with Crippen LogP contribution in [0.3, 0.4) is 0 Å². The molecule has 4 atom stereocenters. The van der Waals surface area contributed by atoms with Gasteiger partial charge in [-0.1, -0.05) is 13.8 Å². The van der Waals surface area contributed by atoms with Crippen molar-refractivity contribution in [1.29, 1.82) is 0 Å². The van der Waals surface area contributed by atoms with Gasteiger partial charge in [-0.25, -0.2) is 0 Å². The van der Waals surface area contributed by atoms with Crippen LogP contribution in [-0.2, 0) is 4.79 Å².